The highest BCUT2D eigenvalue weighted by Crippen LogP contribution is 2.26. The SMILES string of the molecule is CN(C(=O)O)c1ccnc(N2CCN(C3CCCC3)CC2)c1. The molecule has 0 unspecified atom stereocenters. The van der Waals surface area contributed by atoms with Crippen molar-refractivity contribution in [3.8, 4) is 0 Å². The van der Waals surface area contributed by atoms with Crippen molar-refractivity contribution in [2.24, 2.45) is 0 Å². The molecule has 6 heteroatoms. The van der Waals surface area contributed by atoms with Crippen molar-refractivity contribution in [2.45, 2.75) is 31.7 Å². The quantitative estimate of drug-likeness (QED) is 0.928. The molecule has 2 heterocycles. The highest BCUT2D eigenvalue weighted by molar-refractivity contribution is 5.85. The normalized spacial score (nSPS) is 20.3. The van der Waals surface area contributed by atoms with E-state index in [1.54, 1.807) is 19.3 Å². The lowest BCUT2D eigenvalue weighted by Crippen LogP contribution is -2.50. The van der Waals surface area contributed by atoms with Crippen LogP contribution in [0.15, 0.2) is 18.3 Å². The monoisotopic (exact) mass is 304 g/mol. The van der Waals surface area contributed by atoms with E-state index in [9.17, 15) is 4.79 Å². The number of hydrogen-bond donors (Lipinski definition) is 1. The summed E-state index contributed by atoms with van der Waals surface area (Å²) in [6.07, 6.45) is 6.16. The Bertz CT molecular complexity index is 523. The van der Waals surface area contributed by atoms with Crippen molar-refractivity contribution >= 4 is 17.6 Å². The summed E-state index contributed by atoms with van der Waals surface area (Å²) in [5.41, 5.74) is 0.663. The first-order chi connectivity index (χ1) is 10.6. The summed E-state index contributed by atoms with van der Waals surface area (Å²) in [6, 6.07) is 4.37. The molecule has 0 aromatic carbocycles. The fourth-order valence-electron chi connectivity index (χ4n) is 3.49. The molecule has 1 N–H and O–H groups in total. The van der Waals surface area contributed by atoms with Gasteiger partial charge in [-0.2, -0.15) is 0 Å². The number of nitrogens with zero attached hydrogens (tertiary/aromatic N) is 4. The van der Waals surface area contributed by atoms with E-state index in [1.807, 2.05) is 6.07 Å². The van der Waals surface area contributed by atoms with E-state index in [4.69, 9.17) is 5.11 Å². The maximum atomic E-state index is 11.1. The highest BCUT2D eigenvalue weighted by Gasteiger charge is 2.26. The molecule has 0 radical (unpaired) electrons. The fraction of sp³-hybridized carbons (Fsp3) is 0.625. The van der Waals surface area contributed by atoms with Gasteiger partial charge in [-0.3, -0.25) is 9.80 Å². The van der Waals surface area contributed by atoms with Gasteiger partial charge in [0.15, 0.2) is 0 Å². The molecule has 0 bridgehead atoms. The van der Waals surface area contributed by atoms with Crippen molar-refractivity contribution in [3.05, 3.63) is 18.3 Å². The van der Waals surface area contributed by atoms with Crippen LogP contribution < -0.4 is 9.80 Å². The predicted molar refractivity (Wildman–Crippen MR) is 86.7 cm³/mol. The molecule has 0 atom stereocenters. The lowest BCUT2D eigenvalue weighted by Gasteiger charge is -2.38. The van der Waals surface area contributed by atoms with Gasteiger partial charge in [-0.1, -0.05) is 12.8 Å². The van der Waals surface area contributed by atoms with Crippen molar-refractivity contribution in [1.82, 2.24) is 9.88 Å². The van der Waals surface area contributed by atoms with Crippen LogP contribution >= 0.6 is 0 Å². The van der Waals surface area contributed by atoms with Crippen LogP contribution in [0.2, 0.25) is 0 Å². The zero-order valence-corrected chi connectivity index (χ0v) is 13.1. The molecule has 1 aromatic heterocycles. The van der Waals surface area contributed by atoms with E-state index < -0.39 is 6.09 Å². The Morgan fingerprint density at radius 1 is 1.27 bits per heavy atom. The van der Waals surface area contributed by atoms with E-state index in [-0.39, 0.29) is 0 Å². The predicted octanol–water partition coefficient (Wildman–Crippen LogP) is 2.26. The molecule has 2 fully saturated rings. The molecular weight excluding hydrogens is 280 g/mol. The van der Waals surface area contributed by atoms with Crippen LogP contribution in [-0.2, 0) is 0 Å². The second-order valence-corrected chi connectivity index (χ2v) is 6.18. The Morgan fingerprint density at radius 2 is 1.95 bits per heavy atom. The lowest BCUT2D eigenvalue weighted by atomic mass is 10.2. The van der Waals surface area contributed by atoms with Gasteiger partial charge in [0.25, 0.3) is 0 Å². The third-order valence-corrected chi connectivity index (χ3v) is 4.88. The number of hydrogen-bond acceptors (Lipinski definition) is 4. The molecule has 6 nitrogen and oxygen atoms in total. The molecule has 1 aromatic rings. The van der Waals surface area contributed by atoms with Gasteiger partial charge in [0.2, 0.25) is 0 Å². The first-order valence-corrected chi connectivity index (χ1v) is 8.07. The van der Waals surface area contributed by atoms with E-state index in [0.717, 1.165) is 38.0 Å². The van der Waals surface area contributed by atoms with Crippen molar-refractivity contribution < 1.29 is 9.90 Å². The Morgan fingerprint density at radius 3 is 2.59 bits per heavy atom. The summed E-state index contributed by atoms with van der Waals surface area (Å²) in [5.74, 6) is 0.872. The molecule has 1 saturated heterocycles. The molecule has 120 valence electrons. The zero-order valence-electron chi connectivity index (χ0n) is 13.1. The Labute approximate surface area is 131 Å². The minimum absolute atomic E-state index is 0.663. The molecular formula is C16H24N4O2. The Hall–Kier alpha value is -1.82. The van der Waals surface area contributed by atoms with Gasteiger partial charge in [-0.05, 0) is 18.9 Å². The van der Waals surface area contributed by atoms with Gasteiger partial charge in [0, 0.05) is 51.5 Å². The summed E-state index contributed by atoms with van der Waals surface area (Å²) in [7, 11) is 1.56. The van der Waals surface area contributed by atoms with E-state index in [1.165, 1.54) is 30.6 Å². The summed E-state index contributed by atoms with van der Waals surface area (Å²) in [6.45, 7) is 4.07. The molecule has 3 rings (SSSR count). The van der Waals surface area contributed by atoms with Crippen LogP contribution in [0.25, 0.3) is 0 Å². The lowest BCUT2D eigenvalue weighted by molar-refractivity contribution is 0.187. The molecule has 2 aliphatic rings. The van der Waals surface area contributed by atoms with Gasteiger partial charge in [0.1, 0.15) is 5.82 Å². The molecule has 0 spiro atoms. The zero-order chi connectivity index (χ0) is 15.5. The van der Waals surface area contributed by atoms with E-state index >= 15 is 0 Å². The molecule has 1 aliphatic carbocycles. The van der Waals surface area contributed by atoms with Gasteiger partial charge in [-0.25, -0.2) is 9.78 Å². The third kappa shape index (κ3) is 3.16. The van der Waals surface area contributed by atoms with Crippen LogP contribution in [-0.4, -0.2) is 60.4 Å². The average molecular weight is 304 g/mol. The van der Waals surface area contributed by atoms with Gasteiger partial charge < -0.3 is 10.0 Å². The number of anilines is 2. The standard InChI is InChI=1S/C16H24N4O2/c1-18(16(21)22)14-6-7-17-15(12-14)20-10-8-19(9-11-20)13-4-2-3-5-13/h6-7,12-13H,2-5,8-11H2,1H3,(H,21,22). The van der Waals surface area contributed by atoms with Gasteiger partial charge in [0.05, 0.1) is 5.69 Å². The molecule has 1 amide bonds. The van der Waals surface area contributed by atoms with Crippen LogP contribution in [0.3, 0.4) is 0 Å². The van der Waals surface area contributed by atoms with Crippen molar-refractivity contribution in [3.63, 3.8) is 0 Å². The number of rotatable bonds is 3. The van der Waals surface area contributed by atoms with E-state index in [2.05, 4.69) is 14.8 Å². The number of amides is 1. The minimum atomic E-state index is -0.955. The minimum Gasteiger partial charge on any atom is -0.465 e. The number of piperazine rings is 1. The highest BCUT2D eigenvalue weighted by atomic mass is 16.4. The molecule has 1 aliphatic heterocycles. The third-order valence-electron chi connectivity index (χ3n) is 4.88. The fourth-order valence-corrected chi connectivity index (χ4v) is 3.49. The summed E-state index contributed by atoms with van der Waals surface area (Å²) in [4.78, 5) is 21.6. The smallest absolute Gasteiger partial charge is 0.411 e. The number of carbonyl (C=O) groups is 1. The van der Waals surface area contributed by atoms with E-state index in [0.29, 0.717) is 5.69 Å². The topological polar surface area (TPSA) is 59.9 Å². The largest absolute Gasteiger partial charge is 0.465 e. The second-order valence-electron chi connectivity index (χ2n) is 6.18. The first-order valence-electron chi connectivity index (χ1n) is 8.07. The van der Waals surface area contributed by atoms with Gasteiger partial charge in [-0.15, -0.1) is 0 Å². The second kappa shape index (κ2) is 6.52. The van der Waals surface area contributed by atoms with Crippen LogP contribution in [0.1, 0.15) is 25.7 Å². The Balaban J connectivity index is 1.63. The summed E-state index contributed by atoms with van der Waals surface area (Å²) < 4.78 is 0. The number of pyridine rings is 1. The van der Waals surface area contributed by atoms with Crippen LogP contribution in [0, 0.1) is 0 Å². The van der Waals surface area contributed by atoms with Crippen LogP contribution in [0.5, 0.6) is 0 Å². The van der Waals surface area contributed by atoms with Crippen molar-refractivity contribution in [1.29, 1.82) is 0 Å². The molecule has 22 heavy (non-hydrogen) atoms. The van der Waals surface area contributed by atoms with Crippen LogP contribution in [0.4, 0.5) is 16.3 Å². The number of carboxylic acid groups (broad SMARTS) is 1. The van der Waals surface area contributed by atoms with Gasteiger partial charge >= 0.3 is 6.09 Å². The first kappa shape index (κ1) is 15.1. The maximum absolute atomic E-state index is 11.1. The summed E-state index contributed by atoms with van der Waals surface area (Å²) in [5, 5.41) is 9.08. The molecule has 1 saturated carbocycles. The number of aromatic nitrogens is 1. The summed E-state index contributed by atoms with van der Waals surface area (Å²) >= 11 is 0. The average Bonchev–Trinajstić information content (AvgIpc) is 3.09. The maximum Gasteiger partial charge on any atom is 0.411 e. The Kier molecular flexibility index (Phi) is 4.47. The van der Waals surface area contributed by atoms with Crippen molar-refractivity contribution in [2.75, 3.05) is 43.0 Å².